The molecule has 3 nitrogen and oxygen atoms in total. The second-order valence-corrected chi connectivity index (χ2v) is 3.15. The number of hydrogen-bond acceptors (Lipinski definition) is 3. The highest BCUT2D eigenvalue weighted by Gasteiger charge is 2.11. The second-order valence-electron chi connectivity index (χ2n) is 3.15. The predicted molar refractivity (Wildman–Crippen MR) is 52.6 cm³/mol. The summed E-state index contributed by atoms with van der Waals surface area (Å²) in [5, 5.41) is 0. The molecule has 1 rings (SSSR count). The summed E-state index contributed by atoms with van der Waals surface area (Å²) in [6.45, 7) is 1.33. The van der Waals surface area contributed by atoms with Crippen LogP contribution in [0.15, 0.2) is 18.2 Å². The molecule has 0 spiro atoms. The maximum absolute atomic E-state index is 13.0. The van der Waals surface area contributed by atoms with Crippen LogP contribution in [0.3, 0.4) is 0 Å². The average molecular weight is 210 g/mol. The summed E-state index contributed by atoms with van der Waals surface area (Å²) in [7, 11) is 1.32. The summed E-state index contributed by atoms with van der Waals surface area (Å²) in [6, 6.07) is 3.77. The van der Waals surface area contributed by atoms with Crippen molar-refractivity contribution in [3.05, 3.63) is 29.6 Å². The van der Waals surface area contributed by atoms with Crippen molar-refractivity contribution in [2.45, 2.75) is 13.3 Å². The Morgan fingerprint density at radius 1 is 1.40 bits per heavy atom. The highest BCUT2D eigenvalue weighted by Crippen LogP contribution is 2.19. The van der Waals surface area contributed by atoms with Crippen molar-refractivity contribution in [1.82, 2.24) is 0 Å². The van der Waals surface area contributed by atoms with Crippen LogP contribution in [-0.2, 0) is 4.79 Å². The average Bonchev–Trinajstić information content (AvgIpc) is 2.17. The number of ether oxygens (including phenoxy) is 1. The normalized spacial score (nSPS) is 9.80. The van der Waals surface area contributed by atoms with Crippen molar-refractivity contribution >= 4 is 11.6 Å². The van der Waals surface area contributed by atoms with Gasteiger partial charge < -0.3 is 4.74 Å². The molecule has 0 saturated heterocycles. The molecule has 1 aromatic rings. The molecule has 0 aliphatic carbocycles. The first-order valence-electron chi connectivity index (χ1n) is 4.40. The second kappa shape index (κ2) is 4.68. The molecular weight excluding hydrogens is 199 g/mol. The summed E-state index contributed by atoms with van der Waals surface area (Å²) in [5.74, 6) is -1.08. The lowest BCUT2D eigenvalue weighted by Crippen LogP contribution is -2.05. The van der Waals surface area contributed by atoms with Gasteiger partial charge in [0.25, 0.3) is 0 Å². The molecule has 0 N–H and O–H groups in total. The van der Waals surface area contributed by atoms with E-state index in [4.69, 9.17) is 4.74 Å². The summed E-state index contributed by atoms with van der Waals surface area (Å²) in [4.78, 5) is 22.2. The molecule has 1 aromatic carbocycles. The van der Waals surface area contributed by atoms with Crippen molar-refractivity contribution in [1.29, 1.82) is 0 Å². The van der Waals surface area contributed by atoms with E-state index in [1.54, 1.807) is 0 Å². The van der Waals surface area contributed by atoms with Gasteiger partial charge in [-0.15, -0.1) is 0 Å². The van der Waals surface area contributed by atoms with E-state index >= 15 is 0 Å². The summed E-state index contributed by atoms with van der Waals surface area (Å²) in [6.07, 6.45) is -0.172. The Labute approximate surface area is 86.9 Å². The van der Waals surface area contributed by atoms with Crippen LogP contribution in [0.5, 0.6) is 5.75 Å². The van der Waals surface area contributed by atoms with E-state index in [0.717, 1.165) is 6.07 Å². The third-order valence-corrected chi connectivity index (χ3v) is 1.88. The fourth-order valence-corrected chi connectivity index (χ4v) is 1.16. The monoisotopic (exact) mass is 210 g/mol. The quantitative estimate of drug-likeness (QED) is 0.564. The van der Waals surface area contributed by atoms with Crippen LogP contribution in [0.25, 0.3) is 0 Å². The van der Waals surface area contributed by atoms with Crippen molar-refractivity contribution < 1.29 is 18.7 Å². The van der Waals surface area contributed by atoms with Crippen LogP contribution in [0.1, 0.15) is 23.7 Å². The van der Waals surface area contributed by atoms with Crippen LogP contribution < -0.4 is 4.74 Å². The first-order valence-corrected chi connectivity index (χ1v) is 4.40. The van der Waals surface area contributed by atoms with Gasteiger partial charge in [0.05, 0.1) is 13.5 Å². The molecule has 0 aromatic heterocycles. The van der Waals surface area contributed by atoms with Gasteiger partial charge in [0.15, 0.2) is 17.3 Å². The van der Waals surface area contributed by atoms with Gasteiger partial charge in [0.1, 0.15) is 5.78 Å². The Morgan fingerprint density at radius 2 is 2.07 bits per heavy atom. The van der Waals surface area contributed by atoms with E-state index in [-0.39, 0.29) is 29.3 Å². The Bertz CT molecular complexity index is 399. The maximum Gasteiger partial charge on any atom is 0.170 e. The van der Waals surface area contributed by atoms with Gasteiger partial charge in [-0.2, -0.15) is 0 Å². The van der Waals surface area contributed by atoms with Crippen molar-refractivity contribution in [2.24, 2.45) is 0 Å². The number of halogens is 1. The smallest absolute Gasteiger partial charge is 0.170 e. The van der Waals surface area contributed by atoms with E-state index in [2.05, 4.69) is 0 Å². The van der Waals surface area contributed by atoms with Crippen LogP contribution >= 0.6 is 0 Å². The number of Topliss-reactive ketones (excluding diaryl/α,β-unsaturated/α-hetero) is 2. The summed E-state index contributed by atoms with van der Waals surface area (Å²) < 4.78 is 17.7. The highest BCUT2D eigenvalue weighted by atomic mass is 19.1. The van der Waals surface area contributed by atoms with E-state index in [0.29, 0.717) is 0 Å². The van der Waals surface area contributed by atoms with Gasteiger partial charge in [0, 0.05) is 5.56 Å². The van der Waals surface area contributed by atoms with Gasteiger partial charge in [0.2, 0.25) is 0 Å². The number of benzene rings is 1. The van der Waals surface area contributed by atoms with E-state index in [9.17, 15) is 14.0 Å². The zero-order valence-corrected chi connectivity index (χ0v) is 8.54. The lowest BCUT2D eigenvalue weighted by molar-refractivity contribution is -0.116. The van der Waals surface area contributed by atoms with Gasteiger partial charge in [-0.3, -0.25) is 9.59 Å². The van der Waals surface area contributed by atoms with Crippen LogP contribution in [0.2, 0.25) is 0 Å². The number of hydrogen-bond donors (Lipinski definition) is 0. The number of ketones is 2. The largest absolute Gasteiger partial charge is 0.494 e. The van der Waals surface area contributed by atoms with E-state index in [1.165, 1.54) is 26.2 Å². The van der Waals surface area contributed by atoms with Crippen molar-refractivity contribution in [3.8, 4) is 5.75 Å². The van der Waals surface area contributed by atoms with Crippen LogP contribution in [0, 0.1) is 5.82 Å². The molecule has 4 heteroatoms. The van der Waals surface area contributed by atoms with Gasteiger partial charge in [-0.05, 0) is 25.1 Å². The molecule has 0 radical (unpaired) electrons. The first-order chi connectivity index (χ1) is 7.04. The SMILES string of the molecule is COc1cc(C(=O)CC(C)=O)ccc1F. The van der Waals surface area contributed by atoms with Crippen LogP contribution in [-0.4, -0.2) is 18.7 Å². The molecule has 0 bridgehead atoms. The number of rotatable bonds is 4. The lowest BCUT2D eigenvalue weighted by Gasteiger charge is -2.04. The highest BCUT2D eigenvalue weighted by molar-refractivity contribution is 6.07. The zero-order chi connectivity index (χ0) is 11.4. The summed E-state index contributed by atoms with van der Waals surface area (Å²) in [5.41, 5.74) is 0.281. The Balaban J connectivity index is 2.95. The molecule has 0 saturated carbocycles. The molecule has 0 unspecified atom stereocenters. The molecule has 0 heterocycles. The Morgan fingerprint density at radius 3 is 2.60 bits per heavy atom. The van der Waals surface area contributed by atoms with E-state index < -0.39 is 5.82 Å². The summed E-state index contributed by atoms with van der Waals surface area (Å²) >= 11 is 0. The predicted octanol–water partition coefficient (Wildman–Crippen LogP) is 2.00. The molecule has 80 valence electrons. The molecule has 0 aliphatic rings. The molecular formula is C11H11FO3. The van der Waals surface area contributed by atoms with Crippen molar-refractivity contribution in [2.75, 3.05) is 7.11 Å². The van der Waals surface area contributed by atoms with Gasteiger partial charge >= 0.3 is 0 Å². The number of carbonyl (C=O) groups excluding carboxylic acids is 2. The Hall–Kier alpha value is -1.71. The first kappa shape index (κ1) is 11.4. The van der Waals surface area contributed by atoms with Gasteiger partial charge in [-0.25, -0.2) is 4.39 Å². The third kappa shape index (κ3) is 2.87. The van der Waals surface area contributed by atoms with Crippen molar-refractivity contribution in [3.63, 3.8) is 0 Å². The minimum atomic E-state index is -0.531. The fourth-order valence-electron chi connectivity index (χ4n) is 1.16. The minimum absolute atomic E-state index is 0.00408. The molecule has 15 heavy (non-hydrogen) atoms. The molecule has 0 atom stereocenters. The lowest BCUT2D eigenvalue weighted by atomic mass is 10.1. The van der Waals surface area contributed by atoms with Gasteiger partial charge in [-0.1, -0.05) is 0 Å². The fraction of sp³-hybridized carbons (Fsp3) is 0.273. The Kier molecular flexibility index (Phi) is 3.55. The minimum Gasteiger partial charge on any atom is -0.494 e. The maximum atomic E-state index is 13.0. The molecule has 0 aliphatic heterocycles. The third-order valence-electron chi connectivity index (χ3n) is 1.88. The zero-order valence-electron chi connectivity index (χ0n) is 8.54. The topological polar surface area (TPSA) is 43.4 Å². The van der Waals surface area contributed by atoms with Crippen LogP contribution in [0.4, 0.5) is 4.39 Å². The number of methoxy groups -OCH3 is 1. The molecule has 0 amide bonds. The molecule has 0 fully saturated rings. The van der Waals surface area contributed by atoms with E-state index in [1.807, 2.05) is 0 Å². The standard InChI is InChI=1S/C11H11FO3/c1-7(13)5-10(14)8-3-4-9(12)11(6-8)15-2/h3-4,6H,5H2,1-2H3. The number of carbonyl (C=O) groups is 2.